The molecule has 2 aromatic rings. The first-order chi connectivity index (χ1) is 16.5. The predicted octanol–water partition coefficient (Wildman–Crippen LogP) is 5.29. The average molecular weight is 486 g/mol. The number of aromatic amines is 1. The molecule has 8 heteroatoms. The van der Waals surface area contributed by atoms with Crippen molar-refractivity contribution in [3.8, 4) is 5.75 Å². The second kappa shape index (κ2) is 9.15. The highest BCUT2D eigenvalue weighted by molar-refractivity contribution is 5.89. The fraction of sp³-hybridized carbons (Fsp3) is 0.444. The summed E-state index contributed by atoms with van der Waals surface area (Å²) in [6.45, 7) is 8.58. The number of halogens is 2. The minimum absolute atomic E-state index is 0.122. The third kappa shape index (κ3) is 4.72. The Morgan fingerprint density at radius 2 is 2.14 bits per heavy atom. The molecule has 6 nitrogen and oxygen atoms in total. The first-order valence-corrected chi connectivity index (χ1v) is 11.8. The second-order valence-electron chi connectivity index (χ2n) is 9.96. The Bertz CT molecular complexity index is 1220. The summed E-state index contributed by atoms with van der Waals surface area (Å²) < 4.78 is 33.6. The van der Waals surface area contributed by atoms with Gasteiger partial charge in [-0.15, -0.1) is 0 Å². The largest absolute Gasteiger partial charge is 0.496 e. The van der Waals surface area contributed by atoms with Crippen LogP contribution in [0.25, 0.3) is 10.9 Å². The predicted molar refractivity (Wildman–Crippen MR) is 132 cm³/mol. The molecule has 0 amide bonds. The molecule has 1 aliphatic heterocycles. The SMILES string of the molecule is C=C(/C=C(N)\C(=C/C)C1CC2(CCN1Cc1c(OC)cc(C)c3[nH]ccc13)CC(F)(F)C2)C(=O)O. The Morgan fingerprint density at radius 3 is 2.74 bits per heavy atom. The van der Waals surface area contributed by atoms with Crippen molar-refractivity contribution in [3.05, 3.63) is 65.0 Å². The van der Waals surface area contributed by atoms with Crippen LogP contribution in [0, 0.1) is 12.3 Å². The molecule has 1 saturated heterocycles. The number of nitrogens with two attached hydrogens (primary N) is 1. The van der Waals surface area contributed by atoms with Gasteiger partial charge in [0.2, 0.25) is 5.92 Å². The number of aryl methyl sites for hydroxylation is 1. The van der Waals surface area contributed by atoms with E-state index in [0.717, 1.165) is 33.4 Å². The highest BCUT2D eigenvalue weighted by Gasteiger charge is 2.58. The first-order valence-electron chi connectivity index (χ1n) is 11.8. The molecule has 1 saturated carbocycles. The van der Waals surface area contributed by atoms with Gasteiger partial charge in [0, 0.05) is 53.8 Å². The van der Waals surface area contributed by atoms with E-state index in [4.69, 9.17) is 10.5 Å². The number of aromatic nitrogens is 1. The van der Waals surface area contributed by atoms with Crippen molar-refractivity contribution >= 4 is 16.9 Å². The molecule has 4 N–H and O–H groups in total. The van der Waals surface area contributed by atoms with E-state index in [1.807, 2.05) is 38.3 Å². The molecule has 35 heavy (non-hydrogen) atoms. The Morgan fingerprint density at radius 1 is 1.43 bits per heavy atom. The third-order valence-electron chi connectivity index (χ3n) is 7.56. The number of methoxy groups -OCH3 is 1. The Labute approximate surface area is 204 Å². The van der Waals surface area contributed by atoms with E-state index < -0.39 is 17.3 Å². The molecule has 1 unspecified atom stereocenters. The lowest BCUT2D eigenvalue weighted by Gasteiger charge is -2.55. The topological polar surface area (TPSA) is 91.6 Å². The standard InChI is InChI=1S/C27H33F2N3O3/c1-5-18(21(30)10-17(3)25(33)34)22-12-26(14-27(28,29)15-26)7-9-32(22)13-20-19-6-8-31-24(19)16(2)11-23(20)35-4/h5-6,8,10-11,22,31H,3,7,9,12-15,30H2,1-2,4H3,(H,33,34)/b18-5+,21-10+. The summed E-state index contributed by atoms with van der Waals surface area (Å²) in [6, 6.07) is 3.78. The van der Waals surface area contributed by atoms with E-state index in [2.05, 4.69) is 16.5 Å². The van der Waals surface area contributed by atoms with Gasteiger partial charge in [-0.05, 0) is 68.0 Å². The number of H-pyrrole nitrogens is 1. The van der Waals surface area contributed by atoms with Crippen molar-refractivity contribution in [2.75, 3.05) is 13.7 Å². The lowest BCUT2D eigenvalue weighted by Crippen LogP contribution is -2.56. The summed E-state index contributed by atoms with van der Waals surface area (Å²) in [5.41, 5.74) is 9.96. The number of alkyl halides is 2. The van der Waals surface area contributed by atoms with Gasteiger partial charge in [-0.2, -0.15) is 0 Å². The van der Waals surface area contributed by atoms with Crippen LogP contribution in [0.2, 0.25) is 0 Å². The molecule has 2 heterocycles. The van der Waals surface area contributed by atoms with Gasteiger partial charge >= 0.3 is 5.97 Å². The van der Waals surface area contributed by atoms with Crippen LogP contribution in [0.5, 0.6) is 5.75 Å². The van der Waals surface area contributed by atoms with E-state index in [9.17, 15) is 18.7 Å². The molecule has 2 aliphatic rings. The highest BCUT2D eigenvalue weighted by Crippen LogP contribution is 2.59. The molecular formula is C27H33F2N3O3. The van der Waals surface area contributed by atoms with Crippen LogP contribution in [-0.4, -0.2) is 46.6 Å². The summed E-state index contributed by atoms with van der Waals surface area (Å²) in [7, 11) is 1.64. The Balaban J connectivity index is 1.72. The zero-order valence-corrected chi connectivity index (χ0v) is 20.5. The summed E-state index contributed by atoms with van der Waals surface area (Å²) in [5, 5.41) is 10.3. The number of allylic oxidation sites excluding steroid dienone is 1. The monoisotopic (exact) mass is 485 g/mol. The van der Waals surface area contributed by atoms with Crippen molar-refractivity contribution in [2.45, 2.75) is 58.0 Å². The Hall–Kier alpha value is -3.13. The number of nitrogens with one attached hydrogen (secondary N) is 1. The van der Waals surface area contributed by atoms with E-state index >= 15 is 0 Å². The number of hydrogen-bond acceptors (Lipinski definition) is 4. The minimum Gasteiger partial charge on any atom is -0.496 e. The molecule has 1 aliphatic carbocycles. The molecule has 4 rings (SSSR count). The normalized spacial score (nSPS) is 22.3. The second-order valence-corrected chi connectivity index (χ2v) is 9.96. The van der Waals surface area contributed by atoms with Crippen LogP contribution in [0.4, 0.5) is 8.78 Å². The number of benzene rings is 1. The molecule has 1 aromatic heterocycles. The summed E-state index contributed by atoms with van der Waals surface area (Å²) >= 11 is 0. The van der Waals surface area contributed by atoms with Gasteiger partial charge in [0.15, 0.2) is 0 Å². The first kappa shape index (κ1) is 25.0. The molecule has 0 bridgehead atoms. The fourth-order valence-corrected chi connectivity index (χ4v) is 5.91. The van der Waals surface area contributed by atoms with Gasteiger partial charge in [-0.3, -0.25) is 4.90 Å². The summed E-state index contributed by atoms with van der Waals surface area (Å²) in [6.07, 6.45) is 6.06. The summed E-state index contributed by atoms with van der Waals surface area (Å²) in [5.74, 6) is -3.01. The third-order valence-corrected chi connectivity index (χ3v) is 7.56. The molecule has 188 valence electrons. The molecule has 2 fully saturated rings. The Kier molecular flexibility index (Phi) is 6.53. The maximum Gasteiger partial charge on any atom is 0.335 e. The van der Waals surface area contributed by atoms with Crippen molar-refractivity contribution in [1.82, 2.24) is 9.88 Å². The number of hydrogen-bond donors (Lipinski definition) is 3. The average Bonchev–Trinajstić information content (AvgIpc) is 3.26. The quantitative estimate of drug-likeness (QED) is 0.366. The van der Waals surface area contributed by atoms with Crippen LogP contribution in [0.3, 0.4) is 0 Å². The van der Waals surface area contributed by atoms with Gasteiger partial charge in [0.1, 0.15) is 5.75 Å². The molecule has 1 atom stereocenters. The van der Waals surface area contributed by atoms with Crippen LogP contribution >= 0.6 is 0 Å². The number of carboxylic acids is 1. The number of nitrogens with zero attached hydrogens (tertiary/aromatic N) is 1. The van der Waals surface area contributed by atoms with Crippen LogP contribution in [0.15, 0.2) is 53.9 Å². The lowest BCUT2D eigenvalue weighted by atomic mass is 9.58. The number of fused-ring (bicyclic) bond motifs is 1. The number of ether oxygens (including phenoxy) is 1. The molecule has 1 aromatic carbocycles. The number of likely N-dealkylation sites (tertiary alicyclic amines) is 1. The van der Waals surface area contributed by atoms with Crippen LogP contribution in [0.1, 0.15) is 43.7 Å². The van der Waals surface area contributed by atoms with Gasteiger partial charge in [0.25, 0.3) is 0 Å². The van der Waals surface area contributed by atoms with Gasteiger partial charge < -0.3 is 20.6 Å². The van der Waals surface area contributed by atoms with E-state index in [1.165, 1.54) is 6.08 Å². The van der Waals surface area contributed by atoms with Gasteiger partial charge in [-0.25, -0.2) is 13.6 Å². The summed E-state index contributed by atoms with van der Waals surface area (Å²) in [4.78, 5) is 16.9. The lowest BCUT2D eigenvalue weighted by molar-refractivity contribution is -0.183. The number of carboxylic acid groups (broad SMARTS) is 1. The van der Waals surface area contributed by atoms with Crippen molar-refractivity contribution < 1.29 is 23.4 Å². The van der Waals surface area contributed by atoms with Crippen molar-refractivity contribution in [3.63, 3.8) is 0 Å². The number of piperidine rings is 1. The number of aliphatic carboxylic acids is 1. The molecular weight excluding hydrogens is 452 g/mol. The maximum absolute atomic E-state index is 14.0. The minimum atomic E-state index is -2.63. The molecule has 0 radical (unpaired) electrons. The number of carbonyl (C=O) groups is 1. The van der Waals surface area contributed by atoms with E-state index in [1.54, 1.807) is 7.11 Å². The number of rotatable bonds is 7. The van der Waals surface area contributed by atoms with Crippen molar-refractivity contribution in [1.29, 1.82) is 0 Å². The highest BCUT2D eigenvalue weighted by atomic mass is 19.3. The van der Waals surface area contributed by atoms with E-state index in [0.29, 0.717) is 31.6 Å². The van der Waals surface area contributed by atoms with Crippen molar-refractivity contribution in [2.24, 2.45) is 11.1 Å². The van der Waals surface area contributed by atoms with Gasteiger partial charge in [0.05, 0.1) is 12.7 Å². The van der Waals surface area contributed by atoms with E-state index in [-0.39, 0.29) is 24.5 Å². The van der Waals surface area contributed by atoms with Crippen LogP contribution in [-0.2, 0) is 11.3 Å². The van der Waals surface area contributed by atoms with Gasteiger partial charge in [-0.1, -0.05) is 12.7 Å². The smallest absolute Gasteiger partial charge is 0.335 e. The van der Waals surface area contributed by atoms with Crippen LogP contribution < -0.4 is 10.5 Å². The zero-order valence-electron chi connectivity index (χ0n) is 20.5. The molecule has 1 spiro atoms. The maximum atomic E-state index is 14.0. The zero-order chi connectivity index (χ0) is 25.5. The fourth-order valence-electron chi connectivity index (χ4n) is 5.91.